The Kier molecular flexibility index (Phi) is 5.24. The van der Waals surface area contributed by atoms with Crippen LogP contribution in [0.3, 0.4) is 0 Å². The summed E-state index contributed by atoms with van der Waals surface area (Å²) in [4.78, 5) is 26.3. The van der Waals surface area contributed by atoms with Crippen molar-refractivity contribution in [3.05, 3.63) is 33.7 Å². The third-order valence-corrected chi connectivity index (χ3v) is 4.51. The maximum atomic E-state index is 12.4. The number of carbonyl (C=O) groups excluding carboxylic acids is 2. The van der Waals surface area contributed by atoms with E-state index in [1.165, 1.54) is 18.4 Å². The number of hydrogen-bond acceptors (Lipinski definition) is 4. The maximum absolute atomic E-state index is 12.4. The fraction of sp³-hybridized carbons (Fsp3) is 0.500. The molecule has 1 N–H and O–H groups in total. The van der Waals surface area contributed by atoms with Gasteiger partial charge in [0.05, 0.1) is 18.7 Å². The van der Waals surface area contributed by atoms with Gasteiger partial charge < -0.3 is 10.1 Å². The van der Waals surface area contributed by atoms with Crippen molar-refractivity contribution in [1.29, 1.82) is 0 Å². The average molecular weight is 322 g/mol. The highest BCUT2D eigenvalue weighted by atomic mass is 32.1. The summed E-state index contributed by atoms with van der Waals surface area (Å²) >= 11 is 1.53. The van der Waals surface area contributed by atoms with Gasteiger partial charge in [-0.3, -0.25) is 4.90 Å². The Balaban J connectivity index is 2.39. The molecular formula is C16H22N2O3S. The van der Waals surface area contributed by atoms with Gasteiger partial charge in [0.1, 0.15) is 0 Å². The average Bonchev–Trinajstić information content (AvgIpc) is 2.99. The number of rotatable bonds is 5. The molecule has 0 bridgehead atoms. The van der Waals surface area contributed by atoms with Gasteiger partial charge in [-0.05, 0) is 41.7 Å². The molecule has 2 heterocycles. The van der Waals surface area contributed by atoms with Crippen molar-refractivity contribution < 1.29 is 14.3 Å². The van der Waals surface area contributed by atoms with E-state index in [0.29, 0.717) is 23.7 Å². The van der Waals surface area contributed by atoms with E-state index in [1.54, 1.807) is 4.90 Å². The number of thiophene rings is 1. The number of nitrogens with zero attached hydrogens (tertiary/aromatic N) is 1. The van der Waals surface area contributed by atoms with Crippen molar-refractivity contribution in [1.82, 2.24) is 10.2 Å². The van der Waals surface area contributed by atoms with Crippen molar-refractivity contribution in [2.45, 2.75) is 33.2 Å². The highest BCUT2D eigenvalue weighted by Gasteiger charge is 2.36. The summed E-state index contributed by atoms with van der Waals surface area (Å²) in [7, 11) is 1.36. The summed E-state index contributed by atoms with van der Waals surface area (Å²) in [6.45, 7) is 6.61. The lowest BCUT2D eigenvalue weighted by atomic mass is 9.96. The fourth-order valence-corrected chi connectivity index (χ4v) is 3.19. The van der Waals surface area contributed by atoms with Crippen LogP contribution in [0.1, 0.15) is 38.8 Å². The van der Waals surface area contributed by atoms with Crippen molar-refractivity contribution >= 4 is 23.3 Å². The van der Waals surface area contributed by atoms with E-state index in [2.05, 4.69) is 19.2 Å². The molecule has 1 aliphatic rings. The van der Waals surface area contributed by atoms with Gasteiger partial charge in [0.25, 0.3) is 0 Å². The Labute approximate surface area is 135 Å². The van der Waals surface area contributed by atoms with Crippen LogP contribution in [-0.4, -0.2) is 30.6 Å². The Morgan fingerprint density at radius 3 is 2.77 bits per heavy atom. The van der Waals surface area contributed by atoms with Crippen LogP contribution in [0, 0.1) is 5.92 Å². The third kappa shape index (κ3) is 3.32. The smallest absolute Gasteiger partial charge is 0.337 e. The number of esters is 1. The van der Waals surface area contributed by atoms with Crippen molar-refractivity contribution in [3.8, 4) is 0 Å². The number of amides is 2. The largest absolute Gasteiger partial charge is 0.466 e. The van der Waals surface area contributed by atoms with Gasteiger partial charge in [-0.25, -0.2) is 9.59 Å². The zero-order chi connectivity index (χ0) is 16.3. The number of urea groups is 1. The molecular weight excluding hydrogens is 300 g/mol. The SMILES string of the molecule is COC(=O)C1=C(C)N(CCC(C)C)C(=O)N[C@@H]1c1ccsc1. The molecule has 5 nitrogen and oxygen atoms in total. The van der Waals surface area contributed by atoms with Crippen LogP contribution in [0.4, 0.5) is 4.79 Å². The van der Waals surface area contributed by atoms with Crippen LogP contribution in [-0.2, 0) is 9.53 Å². The lowest BCUT2D eigenvalue weighted by molar-refractivity contribution is -0.136. The van der Waals surface area contributed by atoms with E-state index in [4.69, 9.17) is 4.74 Å². The topological polar surface area (TPSA) is 58.6 Å². The molecule has 0 aliphatic carbocycles. The monoisotopic (exact) mass is 322 g/mol. The molecule has 0 radical (unpaired) electrons. The maximum Gasteiger partial charge on any atom is 0.337 e. The summed E-state index contributed by atoms with van der Waals surface area (Å²) in [6.07, 6.45) is 0.877. The third-order valence-electron chi connectivity index (χ3n) is 3.81. The lowest BCUT2D eigenvalue weighted by Gasteiger charge is -2.35. The first kappa shape index (κ1) is 16.5. The Morgan fingerprint density at radius 2 is 2.23 bits per heavy atom. The van der Waals surface area contributed by atoms with E-state index in [-0.39, 0.29) is 6.03 Å². The second-order valence-corrected chi connectivity index (χ2v) is 6.54. The fourth-order valence-electron chi connectivity index (χ4n) is 2.50. The van der Waals surface area contributed by atoms with Gasteiger partial charge in [0.15, 0.2) is 0 Å². The molecule has 2 amide bonds. The molecule has 1 aliphatic heterocycles. The van der Waals surface area contributed by atoms with E-state index in [0.717, 1.165) is 12.0 Å². The quantitative estimate of drug-likeness (QED) is 0.846. The predicted molar refractivity (Wildman–Crippen MR) is 86.5 cm³/mol. The number of methoxy groups -OCH3 is 1. The number of carbonyl (C=O) groups is 2. The highest BCUT2D eigenvalue weighted by Crippen LogP contribution is 2.32. The van der Waals surface area contributed by atoms with Crippen LogP contribution in [0.25, 0.3) is 0 Å². The van der Waals surface area contributed by atoms with E-state index < -0.39 is 12.0 Å². The van der Waals surface area contributed by atoms with E-state index >= 15 is 0 Å². The molecule has 0 saturated carbocycles. The Morgan fingerprint density at radius 1 is 1.50 bits per heavy atom. The Hall–Kier alpha value is -1.82. The summed E-state index contributed by atoms with van der Waals surface area (Å²) < 4.78 is 4.93. The molecule has 0 fully saturated rings. The second kappa shape index (κ2) is 6.96. The van der Waals surface area contributed by atoms with Crippen molar-refractivity contribution in [2.75, 3.05) is 13.7 Å². The predicted octanol–water partition coefficient (Wildman–Crippen LogP) is 3.31. The number of nitrogens with one attached hydrogen (secondary N) is 1. The summed E-state index contributed by atoms with van der Waals surface area (Å²) in [5, 5.41) is 6.79. The molecule has 2 rings (SSSR count). The zero-order valence-corrected chi connectivity index (χ0v) is 14.2. The first-order chi connectivity index (χ1) is 10.5. The van der Waals surface area contributed by atoms with E-state index in [1.807, 2.05) is 23.8 Å². The van der Waals surface area contributed by atoms with Gasteiger partial charge >= 0.3 is 12.0 Å². The minimum absolute atomic E-state index is 0.165. The van der Waals surface area contributed by atoms with Crippen LogP contribution < -0.4 is 5.32 Å². The molecule has 0 spiro atoms. The standard InChI is InChI=1S/C16H22N2O3S/c1-10(2)5-7-18-11(3)13(15(19)21-4)14(17-16(18)20)12-6-8-22-9-12/h6,8-10,14H,5,7H2,1-4H3,(H,17,20)/t14-/m1/s1. The molecule has 22 heavy (non-hydrogen) atoms. The van der Waals surface area contributed by atoms with Gasteiger partial charge in [0.2, 0.25) is 0 Å². The van der Waals surface area contributed by atoms with Crippen molar-refractivity contribution in [3.63, 3.8) is 0 Å². The summed E-state index contributed by atoms with van der Waals surface area (Å²) in [6, 6.07) is 1.30. The number of ether oxygens (including phenoxy) is 1. The summed E-state index contributed by atoms with van der Waals surface area (Å²) in [5.41, 5.74) is 2.08. The number of allylic oxidation sites excluding steroid dienone is 1. The normalized spacial score (nSPS) is 18.7. The zero-order valence-electron chi connectivity index (χ0n) is 13.4. The molecule has 120 valence electrons. The molecule has 0 saturated heterocycles. The summed E-state index contributed by atoms with van der Waals surface area (Å²) in [5.74, 6) is 0.0834. The second-order valence-electron chi connectivity index (χ2n) is 5.76. The molecule has 1 atom stereocenters. The van der Waals surface area contributed by atoms with Gasteiger partial charge in [-0.2, -0.15) is 11.3 Å². The van der Waals surface area contributed by atoms with E-state index in [9.17, 15) is 9.59 Å². The lowest BCUT2D eigenvalue weighted by Crippen LogP contribution is -2.48. The number of hydrogen-bond donors (Lipinski definition) is 1. The first-order valence-corrected chi connectivity index (χ1v) is 8.29. The molecule has 6 heteroatoms. The minimum atomic E-state index is -0.443. The molecule has 1 aromatic heterocycles. The van der Waals surface area contributed by atoms with Gasteiger partial charge in [-0.15, -0.1) is 0 Å². The van der Waals surface area contributed by atoms with Gasteiger partial charge in [0, 0.05) is 12.2 Å². The van der Waals surface area contributed by atoms with Gasteiger partial charge in [-0.1, -0.05) is 13.8 Å². The molecule has 0 aromatic carbocycles. The first-order valence-electron chi connectivity index (χ1n) is 7.35. The molecule has 0 unspecified atom stereocenters. The van der Waals surface area contributed by atoms with Crippen LogP contribution in [0.5, 0.6) is 0 Å². The highest BCUT2D eigenvalue weighted by molar-refractivity contribution is 7.08. The van der Waals surface area contributed by atoms with Crippen LogP contribution in [0.2, 0.25) is 0 Å². The molecule has 1 aromatic rings. The van der Waals surface area contributed by atoms with Crippen LogP contribution >= 0.6 is 11.3 Å². The van der Waals surface area contributed by atoms with Crippen molar-refractivity contribution in [2.24, 2.45) is 5.92 Å². The Bertz CT molecular complexity index is 578. The van der Waals surface area contributed by atoms with Crippen LogP contribution in [0.15, 0.2) is 28.1 Å². The minimum Gasteiger partial charge on any atom is -0.466 e.